The zero-order valence-corrected chi connectivity index (χ0v) is 13.0. The Morgan fingerprint density at radius 1 is 1.40 bits per heavy atom. The fraction of sp³-hybridized carbons (Fsp3) is 0.118. The monoisotopic (exact) mass is 345 g/mol. The van der Waals surface area contributed by atoms with Gasteiger partial charge < -0.3 is 14.6 Å². The van der Waals surface area contributed by atoms with Crippen molar-refractivity contribution in [3.05, 3.63) is 63.0 Å². The minimum absolute atomic E-state index is 0.0812. The standard InChI is InChI=1S/C17H12FNO6/c1-24-14-7-9(6-13(16(14)21)19(22)23)5-10-8-25-17-11(15(10)20)3-2-4-12(17)18/h2-7,21H,8H2,1H3. The van der Waals surface area contributed by atoms with E-state index in [2.05, 4.69) is 0 Å². The third-order valence-corrected chi connectivity index (χ3v) is 3.71. The van der Waals surface area contributed by atoms with Crippen LogP contribution in [0.25, 0.3) is 6.08 Å². The Labute approximate surface area is 141 Å². The van der Waals surface area contributed by atoms with Crippen LogP contribution in [0.5, 0.6) is 17.2 Å². The van der Waals surface area contributed by atoms with E-state index in [1.165, 1.54) is 37.5 Å². The van der Waals surface area contributed by atoms with Gasteiger partial charge in [-0.1, -0.05) is 6.07 Å². The summed E-state index contributed by atoms with van der Waals surface area (Å²) in [5, 5.41) is 20.8. The van der Waals surface area contributed by atoms with Crippen LogP contribution >= 0.6 is 0 Å². The molecule has 0 aliphatic carbocycles. The number of para-hydroxylation sites is 1. The van der Waals surface area contributed by atoms with Crippen molar-refractivity contribution in [3.8, 4) is 17.2 Å². The number of fused-ring (bicyclic) bond motifs is 1. The van der Waals surface area contributed by atoms with E-state index < -0.39 is 28.0 Å². The molecule has 128 valence electrons. The van der Waals surface area contributed by atoms with Gasteiger partial charge in [-0.15, -0.1) is 0 Å². The lowest BCUT2D eigenvalue weighted by molar-refractivity contribution is -0.386. The molecule has 0 amide bonds. The van der Waals surface area contributed by atoms with Crippen molar-refractivity contribution in [2.45, 2.75) is 0 Å². The smallest absolute Gasteiger partial charge is 0.315 e. The summed E-state index contributed by atoms with van der Waals surface area (Å²) in [7, 11) is 1.25. The second kappa shape index (κ2) is 6.23. The number of nitrogens with zero attached hydrogens (tertiary/aromatic N) is 1. The van der Waals surface area contributed by atoms with E-state index in [0.717, 1.165) is 6.07 Å². The van der Waals surface area contributed by atoms with Crippen LogP contribution in [0.3, 0.4) is 0 Å². The summed E-state index contributed by atoms with van der Waals surface area (Å²) in [6.45, 7) is -0.177. The highest BCUT2D eigenvalue weighted by molar-refractivity contribution is 6.14. The molecule has 1 aliphatic heterocycles. The van der Waals surface area contributed by atoms with Crippen LogP contribution in [0.4, 0.5) is 10.1 Å². The summed E-state index contributed by atoms with van der Waals surface area (Å²) in [5.41, 5.74) is -0.00661. The van der Waals surface area contributed by atoms with Crippen LogP contribution < -0.4 is 9.47 Å². The highest BCUT2D eigenvalue weighted by Crippen LogP contribution is 2.38. The molecule has 7 nitrogen and oxygen atoms in total. The number of phenols is 1. The number of carbonyl (C=O) groups excluding carboxylic acids is 1. The van der Waals surface area contributed by atoms with Gasteiger partial charge in [-0.05, 0) is 29.8 Å². The maximum atomic E-state index is 13.7. The van der Waals surface area contributed by atoms with Crippen molar-refractivity contribution in [2.24, 2.45) is 0 Å². The number of aromatic hydroxyl groups is 1. The maximum Gasteiger partial charge on any atom is 0.315 e. The zero-order valence-electron chi connectivity index (χ0n) is 13.0. The van der Waals surface area contributed by atoms with Crippen molar-refractivity contribution in [3.63, 3.8) is 0 Å². The van der Waals surface area contributed by atoms with Crippen molar-refractivity contribution < 1.29 is 28.7 Å². The number of ether oxygens (including phenoxy) is 2. The van der Waals surface area contributed by atoms with Crippen LogP contribution in [0.15, 0.2) is 35.9 Å². The van der Waals surface area contributed by atoms with Gasteiger partial charge in [-0.25, -0.2) is 4.39 Å². The van der Waals surface area contributed by atoms with E-state index in [-0.39, 0.29) is 34.8 Å². The SMILES string of the molecule is COc1cc(C=C2COc3c(F)cccc3C2=O)cc([N+](=O)[O-])c1O. The third kappa shape index (κ3) is 2.89. The molecule has 1 heterocycles. The van der Waals surface area contributed by atoms with E-state index in [0.29, 0.717) is 0 Å². The predicted molar refractivity (Wildman–Crippen MR) is 85.5 cm³/mol. The molecule has 2 aromatic rings. The maximum absolute atomic E-state index is 13.7. The number of nitro benzene ring substituents is 1. The van der Waals surface area contributed by atoms with Crippen molar-refractivity contribution >= 4 is 17.5 Å². The summed E-state index contributed by atoms with van der Waals surface area (Å²) in [6.07, 6.45) is 1.38. The van der Waals surface area contributed by atoms with E-state index >= 15 is 0 Å². The number of methoxy groups -OCH3 is 1. The molecule has 1 aliphatic rings. The molecular weight excluding hydrogens is 333 g/mol. The molecule has 8 heteroatoms. The third-order valence-electron chi connectivity index (χ3n) is 3.71. The first-order valence-corrected chi connectivity index (χ1v) is 7.14. The van der Waals surface area contributed by atoms with Crippen molar-refractivity contribution in [2.75, 3.05) is 13.7 Å². The van der Waals surface area contributed by atoms with Crippen LogP contribution in [-0.2, 0) is 0 Å². The number of halogens is 1. The minimum Gasteiger partial charge on any atom is -0.500 e. The molecule has 3 rings (SSSR count). The average Bonchev–Trinajstić information content (AvgIpc) is 2.59. The first kappa shape index (κ1) is 16.4. The highest BCUT2D eigenvalue weighted by atomic mass is 19.1. The Balaban J connectivity index is 2.06. The number of carbonyl (C=O) groups is 1. The molecule has 0 unspecified atom stereocenters. The Morgan fingerprint density at radius 2 is 2.16 bits per heavy atom. The number of phenolic OH excluding ortho intramolecular Hbond substituents is 1. The molecule has 0 aromatic heterocycles. The summed E-state index contributed by atoms with van der Waals surface area (Å²) in [5.74, 6) is -1.88. The molecule has 0 radical (unpaired) electrons. The number of rotatable bonds is 3. The fourth-order valence-corrected chi connectivity index (χ4v) is 2.52. The first-order valence-electron chi connectivity index (χ1n) is 7.14. The van der Waals surface area contributed by atoms with E-state index in [1.54, 1.807) is 0 Å². The van der Waals surface area contributed by atoms with Gasteiger partial charge in [0.2, 0.25) is 5.75 Å². The number of nitro groups is 1. The Hall–Kier alpha value is -3.42. The predicted octanol–water partition coefficient (Wildman–Crippen LogP) is 3.11. The summed E-state index contributed by atoms with van der Waals surface area (Å²) in [4.78, 5) is 22.8. The van der Waals surface area contributed by atoms with Gasteiger partial charge in [0.1, 0.15) is 6.61 Å². The minimum atomic E-state index is -0.760. The summed E-state index contributed by atoms with van der Waals surface area (Å²) < 4.78 is 23.9. The summed E-state index contributed by atoms with van der Waals surface area (Å²) in [6, 6.07) is 6.48. The normalized spacial score (nSPS) is 14.8. The Morgan fingerprint density at radius 3 is 2.84 bits per heavy atom. The molecule has 0 fully saturated rings. The lowest BCUT2D eigenvalue weighted by atomic mass is 9.98. The van der Waals surface area contributed by atoms with E-state index in [9.17, 15) is 24.4 Å². The second-order valence-electron chi connectivity index (χ2n) is 5.25. The number of benzene rings is 2. The van der Waals surface area contributed by atoms with Gasteiger partial charge in [-0.3, -0.25) is 14.9 Å². The lowest BCUT2D eigenvalue weighted by Gasteiger charge is -2.19. The van der Waals surface area contributed by atoms with Gasteiger partial charge in [0.15, 0.2) is 23.1 Å². The van der Waals surface area contributed by atoms with Gasteiger partial charge in [0.05, 0.1) is 17.6 Å². The lowest BCUT2D eigenvalue weighted by Crippen LogP contribution is -2.19. The first-order chi connectivity index (χ1) is 11.9. The number of ketones is 1. The molecule has 0 saturated carbocycles. The fourth-order valence-electron chi connectivity index (χ4n) is 2.52. The molecular formula is C17H12FNO6. The Bertz CT molecular complexity index is 922. The number of hydrogen-bond donors (Lipinski definition) is 1. The van der Waals surface area contributed by atoms with Crippen LogP contribution in [0.2, 0.25) is 0 Å². The molecule has 0 spiro atoms. The quantitative estimate of drug-likeness (QED) is 0.521. The molecule has 2 aromatic carbocycles. The van der Waals surface area contributed by atoms with Crippen LogP contribution in [0.1, 0.15) is 15.9 Å². The van der Waals surface area contributed by atoms with E-state index in [4.69, 9.17) is 9.47 Å². The van der Waals surface area contributed by atoms with Gasteiger partial charge in [0, 0.05) is 11.6 Å². The van der Waals surface area contributed by atoms with Gasteiger partial charge in [0.25, 0.3) is 0 Å². The van der Waals surface area contributed by atoms with Crippen LogP contribution in [0, 0.1) is 15.9 Å². The molecule has 1 N–H and O–H groups in total. The zero-order chi connectivity index (χ0) is 18.1. The molecule has 25 heavy (non-hydrogen) atoms. The molecule has 0 saturated heterocycles. The van der Waals surface area contributed by atoms with Gasteiger partial charge in [-0.2, -0.15) is 0 Å². The molecule has 0 bridgehead atoms. The van der Waals surface area contributed by atoms with Crippen LogP contribution in [-0.4, -0.2) is 29.5 Å². The number of Topliss-reactive ketones (excluding diaryl/α,β-unsaturated/α-hetero) is 1. The Kier molecular flexibility index (Phi) is 4.10. The van der Waals surface area contributed by atoms with Crippen molar-refractivity contribution in [1.29, 1.82) is 0 Å². The molecule has 0 atom stereocenters. The van der Waals surface area contributed by atoms with Gasteiger partial charge >= 0.3 is 5.69 Å². The highest BCUT2D eigenvalue weighted by Gasteiger charge is 2.26. The van der Waals surface area contributed by atoms with Crippen molar-refractivity contribution in [1.82, 2.24) is 0 Å². The average molecular weight is 345 g/mol. The summed E-state index contributed by atoms with van der Waals surface area (Å²) >= 11 is 0. The number of hydrogen-bond acceptors (Lipinski definition) is 6. The topological polar surface area (TPSA) is 98.9 Å². The largest absolute Gasteiger partial charge is 0.500 e. The van der Waals surface area contributed by atoms with E-state index in [1.807, 2.05) is 0 Å². The second-order valence-corrected chi connectivity index (χ2v) is 5.25.